The number of rotatable bonds is 4. The van der Waals surface area contributed by atoms with E-state index in [1.54, 1.807) is 0 Å². The number of likely N-dealkylation sites (tertiary alicyclic amines) is 1. The molecule has 0 aromatic carbocycles. The highest BCUT2D eigenvalue weighted by Crippen LogP contribution is 2.23. The first-order valence-corrected chi connectivity index (χ1v) is 5.59. The summed E-state index contributed by atoms with van der Waals surface area (Å²) in [6, 6.07) is 0.669. The van der Waals surface area contributed by atoms with E-state index in [1.807, 2.05) is 0 Å². The van der Waals surface area contributed by atoms with E-state index in [9.17, 15) is 0 Å². The lowest BCUT2D eigenvalue weighted by Gasteiger charge is -2.29. The fourth-order valence-corrected chi connectivity index (χ4v) is 2.53. The molecule has 0 aliphatic carbocycles. The van der Waals surface area contributed by atoms with Gasteiger partial charge in [0.1, 0.15) is 0 Å². The van der Waals surface area contributed by atoms with Gasteiger partial charge in [0, 0.05) is 18.5 Å². The highest BCUT2D eigenvalue weighted by atomic mass is 35.5. The predicted octanol–water partition coefficient (Wildman–Crippen LogP) is 1.50. The Hall–Kier alpha value is 0.210. The van der Waals surface area contributed by atoms with Crippen molar-refractivity contribution in [2.45, 2.75) is 18.9 Å². The van der Waals surface area contributed by atoms with Crippen LogP contribution in [-0.4, -0.2) is 56.0 Å². The molecule has 3 heteroatoms. The molecule has 1 rings (SSSR count). The Morgan fingerprint density at radius 1 is 1.54 bits per heavy atom. The molecule has 2 nitrogen and oxygen atoms in total. The summed E-state index contributed by atoms with van der Waals surface area (Å²) in [7, 11) is 6.53. The summed E-state index contributed by atoms with van der Waals surface area (Å²) in [6.45, 7) is 2.48. The molecule has 1 aliphatic heterocycles. The van der Waals surface area contributed by atoms with Crippen LogP contribution < -0.4 is 0 Å². The normalized spacial score (nSPS) is 27.0. The van der Waals surface area contributed by atoms with Gasteiger partial charge >= 0.3 is 0 Å². The molecule has 0 aromatic heterocycles. The maximum absolute atomic E-state index is 5.81. The second-order valence-electron chi connectivity index (χ2n) is 4.32. The molecule has 1 aliphatic rings. The van der Waals surface area contributed by atoms with Crippen LogP contribution in [0.1, 0.15) is 12.8 Å². The van der Waals surface area contributed by atoms with Gasteiger partial charge in [-0.15, -0.1) is 11.6 Å². The minimum Gasteiger partial charge on any atom is -0.306 e. The molecular formula is C10H21ClN2. The van der Waals surface area contributed by atoms with Crippen molar-refractivity contribution in [3.63, 3.8) is 0 Å². The Bertz CT molecular complexity index is 150. The van der Waals surface area contributed by atoms with Gasteiger partial charge in [-0.1, -0.05) is 0 Å². The zero-order valence-electron chi connectivity index (χ0n) is 8.96. The maximum atomic E-state index is 5.81. The first kappa shape index (κ1) is 11.3. The van der Waals surface area contributed by atoms with Gasteiger partial charge in [-0.25, -0.2) is 0 Å². The van der Waals surface area contributed by atoms with E-state index in [0.717, 1.165) is 18.2 Å². The minimum absolute atomic E-state index is 0.669. The van der Waals surface area contributed by atoms with Crippen LogP contribution in [0.25, 0.3) is 0 Å². The lowest BCUT2D eigenvalue weighted by atomic mass is 9.96. The van der Waals surface area contributed by atoms with E-state index < -0.39 is 0 Å². The second kappa shape index (κ2) is 5.18. The summed E-state index contributed by atoms with van der Waals surface area (Å²) < 4.78 is 0. The maximum Gasteiger partial charge on any atom is 0.0238 e. The van der Waals surface area contributed by atoms with Crippen molar-refractivity contribution in [2.75, 3.05) is 40.1 Å². The Morgan fingerprint density at radius 2 is 2.23 bits per heavy atom. The van der Waals surface area contributed by atoms with Crippen LogP contribution in [0.2, 0.25) is 0 Å². The van der Waals surface area contributed by atoms with Crippen molar-refractivity contribution < 1.29 is 0 Å². The molecule has 0 aromatic rings. The topological polar surface area (TPSA) is 6.48 Å². The van der Waals surface area contributed by atoms with Crippen LogP contribution >= 0.6 is 11.6 Å². The standard InChI is InChI=1S/C10H21ClN2/c1-12(2)10(4-6-11)9-5-7-13(3)8-9/h9-10H,4-8H2,1-3H3. The molecule has 2 unspecified atom stereocenters. The van der Waals surface area contributed by atoms with Crippen LogP contribution in [0, 0.1) is 5.92 Å². The molecule has 1 fully saturated rings. The number of alkyl halides is 1. The summed E-state index contributed by atoms with van der Waals surface area (Å²) in [5.41, 5.74) is 0. The fraction of sp³-hybridized carbons (Fsp3) is 1.00. The molecule has 0 amide bonds. The van der Waals surface area contributed by atoms with Crippen LogP contribution in [-0.2, 0) is 0 Å². The minimum atomic E-state index is 0.669. The molecule has 1 saturated heterocycles. The van der Waals surface area contributed by atoms with E-state index in [0.29, 0.717) is 6.04 Å². The third-order valence-corrected chi connectivity index (χ3v) is 3.26. The van der Waals surface area contributed by atoms with E-state index in [1.165, 1.54) is 19.5 Å². The van der Waals surface area contributed by atoms with Gasteiger partial charge in [0.15, 0.2) is 0 Å². The Morgan fingerprint density at radius 3 is 2.62 bits per heavy atom. The molecule has 0 saturated carbocycles. The van der Waals surface area contributed by atoms with Crippen LogP contribution in [0.3, 0.4) is 0 Å². The average Bonchev–Trinajstić information content (AvgIpc) is 2.46. The monoisotopic (exact) mass is 204 g/mol. The molecule has 13 heavy (non-hydrogen) atoms. The quantitative estimate of drug-likeness (QED) is 0.641. The third-order valence-electron chi connectivity index (χ3n) is 3.04. The highest BCUT2D eigenvalue weighted by Gasteiger charge is 2.28. The number of nitrogens with zero attached hydrogens (tertiary/aromatic N) is 2. The number of hydrogen-bond acceptors (Lipinski definition) is 2. The average molecular weight is 205 g/mol. The summed E-state index contributed by atoms with van der Waals surface area (Å²) in [5.74, 6) is 1.60. The van der Waals surface area contributed by atoms with Crippen LogP contribution in [0.4, 0.5) is 0 Å². The lowest BCUT2D eigenvalue weighted by Crippen LogP contribution is -2.36. The molecule has 78 valence electrons. The number of hydrogen-bond donors (Lipinski definition) is 0. The summed E-state index contributed by atoms with van der Waals surface area (Å²) in [6.07, 6.45) is 2.45. The summed E-state index contributed by atoms with van der Waals surface area (Å²) in [4.78, 5) is 4.74. The van der Waals surface area contributed by atoms with Crippen molar-refractivity contribution in [1.82, 2.24) is 9.80 Å². The van der Waals surface area contributed by atoms with E-state index in [2.05, 4.69) is 30.9 Å². The predicted molar refractivity (Wildman–Crippen MR) is 58.4 cm³/mol. The van der Waals surface area contributed by atoms with Crippen LogP contribution in [0.5, 0.6) is 0 Å². The zero-order valence-corrected chi connectivity index (χ0v) is 9.72. The van der Waals surface area contributed by atoms with Gasteiger partial charge in [-0.3, -0.25) is 0 Å². The van der Waals surface area contributed by atoms with Crippen molar-refractivity contribution in [2.24, 2.45) is 5.92 Å². The molecular weight excluding hydrogens is 184 g/mol. The summed E-state index contributed by atoms with van der Waals surface area (Å²) >= 11 is 5.81. The Labute approximate surface area is 86.8 Å². The van der Waals surface area contributed by atoms with Gasteiger partial charge in [0.2, 0.25) is 0 Å². The SMILES string of the molecule is CN1CCC(C(CCCl)N(C)C)C1. The van der Waals surface area contributed by atoms with Gasteiger partial charge < -0.3 is 9.80 Å². The van der Waals surface area contributed by atoms with Crippen molar-refractivity contribution >= 4 is 11.6 Å². The highest BCUT2D eigenvalue weighted by molar-refractivity contribution is 6.17. The fourth-order valence-electron chi connectivity index (χ4n) is 2.31. The summed E-state index contributed by atoms with van der Waals surface area (Å²) in [5, 5.41) is 0. The van der Waals surface area contributed by atoms with Gasteiger partial charge in [-0.2, -0.15) is 0 Å². The Kier molecular flexibility index (Phi) is 4.50. The van der Waals surface area contributed by atoms with Crippen molar-refractivity contribution in [1.29, 1.82) is 0 Å². The molecule has 1 heterocycles. The Balaban J connectivity index is 2.44. The van der Waals surface area contributed by atoms with E-state index in [4.69, 9.17) is 11.6 Å². The lowest BCUT2D eigenvalue weighted by molar-refractivity contribution is 0.205. The van der Waals surface area contributed by atoms with Crippen LogP contribution in [0.15, 0.2) is 0 Å². The first-order chi connectivity index (χ1) is 6.15. The van der Waals surface area contributed by atoms with Crippen molar-refractivity contribution in [3.05, 3.63) is 0 Å². The second-order valence-corrected chi connectivity index (χ2v) is 4.70. The molecule has 2 atom stereocenters. The number of halogens is 1. The molecule has 0 N–H and O–H groups in total. The largest absolute Gasteiger partial charge is 0.306 e. The molecule has 0 spiro atoms. The molecule has 0 radical (unpaired) electrons. The first-order valence-electron chi connectivity index (χ1n) is 5.06. The third kappa shape index (κ3) is 3.12. The van der Waals surface area contributed by atoms with E-state index in [-0.39, 0.29) is 0 Å². The van der Waals surface area contributed by atoms with Gasteiger partial charge in [-0.05, 0) is 46.4 Å². The zero-order chi connectivity index (χ0) is 9.84. The smallest absolute Gasteiger partial charge is 0.0238 e. The van der Waals surface area contributed by atoms with Crippen molar-refractivity contribution in [3.8, 4) is 0 Å². The molecule has 0 bridgehead atoms. The van der Waals surface area contributed by atoms with Gasteiger partial charge in [0.05, 0.1) is 0 Å². The van der Waals surface area contributed by atoms with Gasteiger partial charge in [0.25, 0.3) is 0 Å². The van der Waals surface area contributed by atoms with E-state index >= 15 is 0 Å².